The fourth-order valence-electron chi connectivity index (χ4n) is 5.01. The summed E-state index contributed by atoms with van der Waals surface area (Å²) in [4.78, 5) is 39.2. The number of carbonyl (C=O) groups is 3. The average molecular weight is 550 g/mol. The van der Waals surface area contributed by atoms with E-state index in [1.807, 2.05) is 23.6 Å². The zero-order chi connectivity index (χ0) is 28.7. The van der Waals surface area contributed by atoms with Crippen LogP contribution in [0.15, 0.2) is 35.8 Å². The maximum Gasteiger partial charge on any atom is 0.336 e. The molecule has 0 radical (unpaired) electrons. The summed E-state index contributed by atoms with van der Waals surface area (Å²) in [6.07, 6.45) is 1.94. The molecule has 0 amide bonds. The van der Waals surface area contributed by atoms with Crippen LogP contribution in [0, 0.1) is 6.92 Å². The molecule has 210 valence electrons. The predicted molar refractivity (Wildman–Crippen MR) is 144 cm³/mol. The van der Waals surface area contributed by atoms with Gasteiger partial charge in [-0.1, -0.05) is 6.07 Å². The van der Waals surface area contributed by atoms with Gasteiger partial charge in [0.1, 0.15) is 0 Å². The van der Waals surface area contributed by atoms with Gasteiger partial charge in [0, 0.05) is 41.3 Å². The molecule has 0 aromatic carbocycles. The number of nitrogens with zero attached hydrogens (tertiary/aromatic N) is 2. The summed E-state index contributed by atoms with van der Waals surface area (Å²) >= 11 is 1.87. The first-order valence-electron chi connectivity index (χ1n) is 12.4. The minimum atomic E-state index is -2.74. The normalized spacial score (nSPS) is 16.9. The van der Waals surface area contributed by atoms with Crippen LogP contribution in [0.3, 0.4) is 0 Å². The van der Waals surface area contributed by atoms with E-state index in [1.165, 1.54) is 10.4 Å². The molecule has 10 nitrogen and oxygen atoms in total. The van der Waals surface area contributed by atoms with Gasteiger partial charge in [0.25, 0.3) is 0 Å². The topological polar surface area (TPSA) is 160 Å². The molecule has 0 unspecified atom stereocenters. The minimum absolute atomic E-state index is 0.152. The number of carboxylic acid groups (broad SMARTS) is 3. The van der Waals surface area contributed by atoms with Crippen LogP contribution >= 0.6 is 11.3 Å². The predicted octanol–water partition coefficient (Wildman–Crippen LogP) is 3.51. The van der Waals surface area contributed by atoms with E-state index in [4.69, 9.17) is 20.4 Å². The summed E-state index contributed by atoms with van der Waals surface area (Å²) < 4.78 is 0. The van der Waals surface area contributed by atoms with Gasteiger partial charge in [-0.15, -0.1) is 11.3 Å². The number of carboxylic acids is 3. The van der Waals surface area contributed by atoms with Crippen molar-refractivity contribution in [3.05, 3.63) is 52.0 Å². The quantitative estimate of drug-likeness (QED) is 0.297. The lowest BCUT2D eigenvalue weighted by Crippen LogP contribution is -2.62. The molecule has 2 aromatic rings. The zero-order valence-electron chi connectivity index (χ0n) is 22.6. The van der Waals surface area contributed by atoms with Gasteiger partial charge < -0.3 is 25.7 Å². The lowest BCUT2D eigenvalue weighted by Gasteiger charge is -2.49. The van der Waals surface area contributed by atoms with E-state index in [9.17, 15) is 14.4 Å². The van der Waals surface area contributed by atoms with Crippen molar-refractivity contribution in [3.63, 3.8) is 0 Å². The van der Waals surface area contributed by atoms with Crippen molar-refractivity contribution in [1.82, 2.24) is 15.2 Å². The van der Waals surface area contributed by atoms with Gasteiger partial charge >= 0.3 is 17.9 Å². The van der Waals surface area contributed by atoms with Crippen LogP contribution in [0.1, 0.15) is 69.5 Å². The van der Waals surface area contributed by atoms with E-state index in [1.54, 1.807) is 0 Å². The number of nitrogens with one attached hydrogen (secondary N) is 1. The zero-order valence-corrected chi connectivity index (χ0v) is 23.4. The number of aliphatic carboxylic acids is 3. The van der Waals surface area contributed by atoms with Crippen molar-refractivity contribution < 1.29 is 34.8 Å². The number of rotatable bonds is 10. The van der Waals surface area contributed by atoms with Crippen molar-refractivity contribution in [2.75, 3.05) is 0 Å². The molecule has 0 spiro atoms. The second kappa shape index (κ2) is 12.8. The van der Waals surface area contributed by atoms with E-state index < -0.39 is 36.4 Å². The Morgan fingerprint density at radius 3 is 2.03 bits per heavy atom. The van der Waals surface area contributed by atoms with Crippen molar-refractivity contribution in [2.45, 2.75) is 96.1 Å². The standard InChI is InChI=1S/C21H31N3S.C6H8O7/c1-16-9-11-25-19(16)15-24(14-17-8-6-7-10-22-17)18-12-20(2,3)23-21(4,5)13-18;7-3(8)1-6(13,5(11)12)2-4(9)10/h6-11,18,23H,12-15H2,1-5H3;13H,1-2H2,(H,7,8)(H,9,10)(H,11,12). The fourth-order valence-corrected chi connectivity index (χ4v) is 5.94. The molecule has 3 heterocycles. The summed E-state index contributed by atoms with van der Waals surface area (Å²) in [6, 6.07) is 9.01. The maximum absolute atomic E-state index is 10.3. The molecule has 2 aromatic heterocycles. The van der Waals surface area contributed by atoms with Crippen molar-refractivity contribution in [3.8, 4) is 0 Å². The van der Waals surface area contributed by atoms with Crippen LogP contribution in [0.5, 0.6) is 0 Å². The number of pyridine rings is 1. The number of aryl methyl sites for hydroxylation is 1. The summed E-state index contributed by atoms with van der Waals surface area (Å²) in [5.74, 6) is -5.02. The number of aliphatic hydroxyl groups is 1. The molecule has 38 heavy (non-hydrogen) atoms. The molecule has 1 aliphatic heterocycles. The molecule has 5 N–H and O–H groups in total. The highest BCUT2D eigenvalue weighted by Crippen LogP contribution is 2.33. The second-order valence-corrected chi connectivity index (χ2v) is 12.2. The second-order valence-electron chi connectivity index (χ2n) is 11.2. The molecular formula is C27H39N3O7S. The lowest BCUT2D eigenvalue weighted by molar-refractivity contribution is -0.170. The van der Waals surface area contributed by atoms with Crippen molar-refractivity contribution >= 4 is 29.2 Å². The van der Waals surface area contributed by atoms with Gasteiger partial charge in [0.05, 0.1) is 18.5 Å². The molecule has 3 rings (SSSR count). The van der Waals surface area contributed by atoms with Crippen molar-refractivity contribution in [1.29, 1.82) is 0 Å². The number of hydrogen-bond donors (Lipinski definition) is 5. The van der Waals surface area contributed by atoms with Gasteiger partial charge in [-0.25, -0.2) is 4.79 Å². The fraction of sp³-hybridized carbons (Fsp3) is 0.556. The minimum Gasteiger partial charge on any atom is -0.481 e. The van der Waals surface area contributed by atoms with Crippen LogP contribution in [0.25, 0.3) is 0 Å². The molecule has 0 atom stereocenters. The Labute approximate surface area is 227 Å². The third-order valence-electron chi connectivity index (χ3n) is 6.38. The highest BCUT2D eigenvalue weighted by Gasteiger charge is 2.41. The van der Waals surface area contributed by atoms with Crippen LogP contribution in [-0.2, 0) is 27.5 Å². The first-order valence-corrected chi connectivity index (χ1v) is 13.3. The molecule has 1 aliphatic rings. The van der Waals surface area contributed by atoms with Gasteiger partial charge in [0.2, 0.25) is 0 Å². The molecule has 11 heteroatoms. The Bertz CT molecular complexity index is 1070. The summed E-state index contributed by atoms with van der Waals surface area (Å²) in [6.45, 7) is 13.5. The maximum atomic E-state index is 10.3. The van der Waals surface area contributed by atoms with E-state index in [0.29, 0.717) is 6.04 Å². The molecular weight excluding hydrogens is 510 g/mol. The lowest BCUT2D eigenvalue weighted by atomic mass is 9.79. The average Bonchev–Trinajstić information content (AvgIpc) is 3.15. The molecule has 0 aliphatic carbocycles. The van der Waals surface area contributed by atoms with Crippen LogP contribution in [0.2, 0.25) is 0 Å². The molecule has 0 bridgehead atoms. The van der Waals surface area contributed by atoms with E-state index in [-0.39, 0.29) is 11.1 Å². The van der Waals surface area contributed by atoms with Crippen LogP contribution in [0.4, 0.5) is 0 Å². The van der Waals surface area contributed by atoms with Gasteiger partial charge in [0.15, 0.2) is 5.60 Å². The monoisotopic (exact) mass is 549 g/mol. The smallest absolute Gasteiger partial charge is 0.336 e. The molecule has 0 saturated carbocycles. The Morgan fingerprint density at radius 2 is 1.61 bits per heavy atom. The van der Waals surface area contributed by atoms with Crippen LogP contribution in [-0.4, -0.2) is 70.9 Å². The Morgan fingerprint density at radius 1 is 1.03 bits per heavy atom. The number of aromatic nitrogens is 1. The highest BCUT2D eigenvalue weighted by molar-refractivity contribution is 7.10. The van der Waals surface area contributed by atoms with E-state index in [0.717, 1.165) is 31.6 Å². The third kappa shape index (κ3) is 9.79. The highest BCUT2D eigenvalue weighted by atomic mass is 32.1. The number of thiophene rings is 1. The summed E-state index contributed by atoms with van der Waals surface area (Å²) in [7, 11) is 0. The number of hydrogen-bond acceptors (Lipinski definition) is 8. The Balaban J connectivity index is 0.000000332. The summed E-state index contributed by atoms with van der Waals surface area (Å²) in [5, 5.41) is 39.8. The number of piperidine rings is 1. The van der Waals surface area contributed by atoms with Gasteiger partial charge in [-0.3, -0.25) is 19.5 Å². The van der Waals surface area contributed by atoms with E-state index in [2.05, 4.69) is 73.4 Å². The van der Waals surface area contributed by atoms with Gasteiger partial charge in [-0.2, -0.15) is 0 Å². The van der Waals surface area contributed by atoms with E-state index >= 15 is 0 Å². The molecule has 1 fully saturated rings. The van der Waals surface area contributed by atoms with Crippen molar-refractivity contribution in [2.24, 2.45) is 0 Å². The molecule has 1 saturated heterocycles. The van der Waals surface area contributed by atoms with Crippen LogP contribution < -0.4 is 5.32 Å². The third-order valence-corrected chi connectivity index (χ3v) is 7.38. The Kier molecular flexibility index (Phi) is 10.6. The summed E-state index contributed by atoms with van der Waals surface area (Å²) in [5.41, 5.74) is 0.130. The first kappa shape index (κ1) is 31.4. The van der Waals surface area contributed by atoms with Gasteiger partial charge in [-0.05, 0) is 76.6 Å². The Hall–Kier alpha value is -2.86. The SMILES string of the molecule is Cc1ccsc1CN(Cc1ccccn1)C1CC(C)(C)NC(C)(C)C1.O=C(O)CC(O)(CC(=O)O)C(=O)O. The largest absolute Gasteiger partial charge is 0.481 e. The first-order chi connectivity index (χ1) is 17.5.